The number of benzene rings is 4. The predicted octanol–water partition coefficient (Wildman–Crippen LogP) is 7.41. The minimum absolute atomic E-state index is 0.226. The predicted molar refractivity (Wildman–Crippen MR) is 115 cm³/mol. The van der Waals surface area contributed by atoms with Crippen molar-refractivity contribution >= 4 is 0 Å². The molecule has 0 fully saturated rings. The largest absolute Gasteiger partial charge is 0.486 e. The van der Waals surface area contributed by atoms with Gasteiger partial charge >= 0.3 is 0 Å². The fourth-order valence-corrected chi connectivity index (χ4v) is 3.03. The Kier molecular flexibility index (Phi) is 5.77. The molecule has 0 N–H and O–H groups in total. The summed E-state index contributed by atoms with van der Waals surface area (Å²) in [5.74, 6) is 3.58. The third-order valence-corrected chi connectivity index (χ3v) is 4.44. The zero-order valence-corrected chi connectivity index (χ0v) is 16.2. The van der Waals surface area contributed by atoms with Gasteiger partial charge in [-0.05, 0) is 49.4 Å². The Morgan fingerprint density at radius 1 is 0.517 bits per heavy atom. The van der Waals surface area contributed by atoms with Crippen LogP contribution in [-0.4, -0.2) is 0 Å². The van der Waals surface area contributed by atoms with Gasteiger partial charge in [0.2, 0.25) is 0 Å². The van der Waals surface area contributed by atoms with Crippen LogP contribution in [0.2, 0.25) is 0 Å². The maximum Gasteiger partial charge on any atom is 0.176 e. The summed E-state index contributed by atoms with van der Waals surface area (Å²) in [5.41, 5.74) is 0.908. The van der Waals surface area contributed by atoms with Crippen molar-refractivity contribution in [2.75, 3.05) is 0 Å². The zero-order chi connectivity index (χ0) is 19.9. The quantitative estimate of drug-likeness (QED) is 0.333. The van der Waals surface area contributed by atoms with E-state index in [2.05, 4.69) is 0 Å². The Labute approximate surface area is 171 Å². The molecule has 4 aromatic rings. The summed E-state index contributed by atoms with van der Waals surface area (Å²) in [6, 6.07) is 35.0. The Hall–Kier alpha value is -3.72. The molecular weight excluding hydrogens is 360 g/mol. The molecule has 29 heavy (non-hydrogen) atoms. The molecule has 3 nitrogen and oxygen atoms in total. The number of para-hydroxylation sites is 4. The first kappa shape index (κ1) is 18.6. The first-order valence-corrected chi connectivity index (χ1v) is 9.60. The molecular formula is C26H22O3. The zero-order valence-electron chi connectivity index (χ0n) is 16.2. The van der Waals surface area contributed by atoms with E-state index in [1.54, 1.807) is 0 Å². The molecule has 0 spiro atoms. The minimum Gasteiger partial charge on any atom is -0.486 e. The summed E-state index contributed by atoms with van der Waals surface area (Å²) in [4.78, 5) is 0. The van der Waals surface area contributed by atoms with Crippen LogP contribution in [0, 0.1) is 0 Å². The minimum atomic E-state index is -0.226. The summed E-state index contributed by atoms with van der Waals surface area (Å²) in [6.07, 6.45) is -0.226. The highest BCUT2D eigenvalue weighted by Crippen LogP contribution is 2.41. The Morgan fingerprint density at radius 2 is 1.03 bits per heavy atom. The molecule has 0 aliphatic rings. The van der Waals surface area contributed by atoms with E-state index in [-0.39, 0.29) is 6.10 Å². The van der Waals surface area contributed by atoms with Crippen molar-refractivity contribution in [1.82, 2.24) is 0 Å². The van der Waals surface area contributed by atoms with Crippen molar-refractivity contribution in [3.05, 3.63) is 115 Å². The van der Waals surface area contributed by atoms with E-state index >= 15 is 0 Å². The van der Waals surface area contributed by atoms with Gasteiger partial charge in [0, 0.05) is 5.56 Å². The lowest BCUT2D eigenvalue weighted by Gasteiger charge is -2.21. The molecule has 0 aliphatic heterocycles. The first-order valence-electron chi connectivity index (χ1n) is 9.60. The molecule has 144 valence electrons. The third-order valence-electron chi connectivity index (χ3n) is 4.44. The van der Waals surface area contributed by atoms with Gasteiger partial charge in [-0.2, -0.15) is 0 Å². The summed E-state index contributed by atoms with van der Waals surface area (Å²) in [7, 11) is 0. The van der Waals surface area contributed by atoms with Crippen molar-refractivity contribution in [3.8, 4) is 28.7 Å². The van der Waals surface area contributed by atoms with E-state index in [1.807, 2.05) is 116 Å². The number of rotatable bonds is 7. The average Bonchev–Trinajstić information content (AvgIpc) is 2.77. The normalized spacial score (nSPS) is 11.5. The van der Waals surface area contributed by atoms with Gasteiger partial charge in [0.1, 0.15) is 23.4 Å². The monoisotopic (exact) mass is 382 g/mol. The lowest BCUT2D eigenvalue weighted by atomic mass is 10.1. The van der Waals surface area contributed by atoms with Crippen molar-refractivity contribution in [3.63, 3.8) is 0 Å². The molecule has 0 radical (unpaired) electrons. The molecule has 1 atom stereocenters. The molecule has 0 aromatic heterocycles. The van der Waals surface area contributed by atoms with Crippen LogP contribution in [-0.2, 0) is 0 Å². The first-order chi connectivity index (χ1) is 14.3. The molecule has 1 unspecified atom stereocenters. The van der Waals surface area contributed by atoms with Crippen molar-refractivity contribution in [2.24, 2.45) is 0 Å². The standard InChI is InChI=1S/C26H22O3/c1-20(27-21-12-5-2-6-13-21)24-18-11-19-25(28-22-14-7-3-8-15-22)26(24)29-23-16-9-4-10-17-23/h2-20H,1H3. The van der Waals surface area contributed by atoms with Gasteiger partial charge in [0.05, 0.1) is 0 Å². The van der Waals surface area contributed by atoms with E-state index in [0.717, 1.165) is 22.8 Å². The maximum atomic E-state index is 6.27. The summed E-state index contributed by atoms with van der Waals surface area (Å²) in [5, 5.41) is 0. The van der Waals surface area contributed by atoms with Crippen molar-refractivity contribution in [2.45, 2.75) is 13.0 Å². The molecule has 4 aromatic carbocycles. The molecule has 0 heterocycles. The highest BCUT2D eigenvalue weighted by molar-refractivity contribution is 5.51. The lowest BCUT2D eigenvalue weighted by Crippen LogP contribution is -2.06. The fraction of sp³-hybridized carbons (Fsp3) is 0.0769. The summed E-state index contributed by atoms with van der Waals surface area (Å²) < 4.78 is 18.6. The van der Waals surface area contributed by atoms with Crippen molar-refractivity contribution in [1.29, 1.82) is 0 Å². The van der Waals surface area contributed by atoms with E-state index in [1.165, 1.54) is 0 Å². The maximum absolute atomic E-state index is 6.27. The second-order valence-electron chi connectivity index (χ2n) is 6.58. The Bertz CT molecular complexity index is 1030. The molecule has 0 saturated carbocycles. The van der Waals surface area contributed by atoms with E-state index in [4.69, 9.17) is 14.2 Å². The van der Waals surface area contributed by atoms with E-state index < -0.39 is 0 Å². The van der Waals surface area contributed by atoms with Gasteiger partial charge in [0.15, 0.2) is 11.5 Å². The SMILES string of the molecule is CC(Oc1ccccc1)c1cccc(Oc2ccccc2)c1Oc1ccccc1. The molecule has 0 saturated heterocycles. The molecule has 0 amide bonds. The Morgan fingerprint density at radius 3 is 1.62 bits per heavy atom. The third kappa shape index (κ3) is 4.77. The van der Waals surface area contributed by atoms with E-state index in [0.29, 0.717) is 11.5 Å². The molecule has 3 heteroatoms. The van der Waals surface area contributed by atoms with Crippen LogP contribution in [0.1, 0.15) is 18.6 Å². The van der Waals surface area contributed by atoms with Crippen LogP contribution in [0.5, 0.6) is 28.7 Å². The average molecular weight is 382 g/mol. The van der Waals surface area contributed by atoms with Crippen LogP contribution in [0.3, 0.4) is 0 Å². The summed E-state index contributed by atoms with van der Waals surface area (Å²) in [6.45, 7) is 2.01. The fourth-order valence-electron chi connectivity index (χ4n) is 3.03. The molecule has 0 bridgehead atoms. The highest BCUT2D eigenvalue weighted by Gasteiger charge is 2.19. The van der Waals surface area contributed by atoms with Crippen LogP contribution < -0.4 is 14.2 Å². The van der Waals surface area contributed by atoms with Crippen molar-refractivity contribution < 1.29 is 14.2 Å². The molecule has 4 rings (SSSR count). The molecule has 0 aliphatic carbocycles. The Balaban J connectivity index is 1.70. The van der Waals surface area contributed by atoms with Gasteiger partial charge in [-0.1, -0.05) is 66.7 Å². The topological polar surface area (TPSA) is 27.7 Å². The summed E-state index contributed by atoms with van der Waals surface area (Å²) >= 11 is 0. The second kappa shape index (κ2) is 8.98. The van der Waals surface area contributed by atoms with Gasteiger partial charge in [-0.15, -0.1) is 0 Å². The lowest BCUT2D eigenvalue weighted by molar-refractivity contribution is 0.221. The van der Waals surface area contributed by atoms with Gasteiger partial charge in [0.25, 0.3) is 0 Å². The second-order valence-corrected chi connectivity index (χ2v) is 6.58. The number of hydrogen-bond donors (Lipinski definition) is 0. The van der Waals surface area contributed by atoms with Gasteiger partial charge < -0.3 is 14.2 Å². The number of hydrogen-bond acceptors (Lipinski definition) is 3. The highest BCUT2D eigenvalue weighted by atomic mass is 16.5. The van der Waals surface area contributed by atoms with Gasteiger partial charge in [-0.25, -0.2) is 0 Å². The van der Waals surface area contributed by atoms with Crippen LogP contribution >= 0.6 is 0 Å². The number of ether oxygens (including phenoxy) is 3. The smallest absolute Gasteiger partial charge is 0.176 e. The van der Waals surface area contributed by atoms with Crippen LogP contribution in [0.4, 0.5) is 0 Å². The van der Waals surface area contributed by atoms with Gasteiger partial charge in [-0.3, -0.25) is 0 Å². The van der Waals surface area contributed by atoms with E-state index in [9.17, 15) is 0 Å². The van der Waals surface area contributed by atoms with Crippen LogP contribution in [0.25, 0.3) is 0 Å². The van der Waals surface area contributed by atoms with Crippen LogP contribution in [0.15, 0.2) is 109 Å².